The van der Waals surface area contributed by atoms with Gasteiger partial charge in [0.2, 0.25) is 5.43 Å². The molecule has 0 amide bonds. The van der Waals surface area contributed by atoms with Gasteiger partial charge in [-0.25, -0.2) is 14.2 Å². The summed E-state index contributed by atoms with van der Waals surface area (Å²) in [7, 11) is 3.89. The molecule has 0 saturated carbocycles. The van der Waals surface area contributed by atoms with Crippen molar-refractivity contribution in [1.29, 1.82) is 0 Å². The van der Waals surface area contributed by atoms with Crippen LogP contribution in [0.5, 0.6) is 0 Å². The molecule has 1 aromatic carbocycles. The van der Waals surface area contributed by atoms with Crippen molar-refractivity contribution in [3.8, 4) is 5.69 Å². The van der Waals surface area contributed by atoms with Crippen molar-refractivity contribution in [3.63, 3.8) is 0 Å². The Morgan fingerprint density at radius 2 is 1.93 bits per heavy atom. The van der Waals surface area contributed by atoms with Gasteiger partial charge in [0.15, 0.2) is 11.0 Å². The lowest BCUT2D eigenvalue weighted by Crippen LogP contribution is -2.19. The first-order valence-corrected chi connectivity index (χ1v) is 8.04. The molecular weight excluding hydrogens is 396 g/mol. The number of carbonyl (C=O) groups is 1. The van der Waals surface area contributed by atoms with E-state index < -0.39 is 27.9 Å². The number of aromatic carboxylic acids is 1. The predicted molar refractivity (Wildman–Crippen MR) is 104 cm³/mol. The SMILES string of the molecule is CN(C)Cc1ccc(-n2cc(C(=O)O)c(=O)c3cc(F)c(Cl)nc32)cc1.Cl. The Labute approximate surface area is 165 Å². The molecule has 0 fully saturated rings. The minimum atomic E-state index is -1.40. The van der Waals surface area contributed by atoms with Gasteiger partial charge in [-0.1, -0.05) is 23.7 Å². The third-order valence-corrected chi connectivity index (χ3v) is 4.10. The van der Waals surface area contributed by atoms with E-state index in [4.69, 9.17) is 11.6 Å². The number of carboxylic acid groups (broad SMARTS) is 1. The number of halogens is 3. The molecule has 0 aliphatic heterocycles. The number of rotatable bonds is 4. The molecule has 27 heavy (non-hydrogen) atoms. The van der Waals surface area contributed by atoms with Gasteiger partial charge < -0.3 is 14.6 Å². The number of fused-ring (bicyclic) bond motifs is 1. The lowest BCUT2D eigenvalue weighted by molar-refractivity contribution is 0.0695. The number of aromatic nitrogens is 2. The first-order chi connectivity index (χ1) is 12.3. The Hall–Kier alpha value is -2.48. The number of carboxylic acids is 1. The van der Waals surface area contributed by atoms with Crippen LogP contribution in [0.4, 0.5) is 4.39 Å². The van der Waals surface area contributed by atoms with E-state index >= 15 is 0 Å². The van der Waals surface area contributed by atoms with Crippen LogP contribution in [0, 0.1) is 5.82 Å². The molecule has 1 N–H and O–H groups in total. The van der Waals surface area contributed by atoms with Gasteiger partial charge in [0.25, 0.3) is 0 Å². The smallest absolute Gasteiger partial charge is 0.341 e. The number of hydrogen-bond donors (Lipinski definition) is 1. The summed E-state index contributed by atoms with van der Waals surface area (Å²) in [4.78, 5) is 29.7. The highest BCUT2D eigenvalue weighted by Crippen LogP contribution is 2.21. The molecule has 6 nitrogen and oxygen atoms in total. The molecule has 0 spiro atoms. The second kappa shape index (κ2) is 8.04. The molecule has 0 atom stereocenters. The first kappa shape index (κ1) is 20.8. The van der Waals surface area contributed by atoms with Crippen molar-refractivity contribution in [2.45, 2.75) is 6.54 Å². The van der Waals surface area contributed by atoms with Crippen LogP contribution < -0.4 is 5.43 Å². The molecule has 0 radical (unpaired) electrons. The molecule has 0 unspecified atom stereocenters. The Bertz CT molecular complexity index is 1070. The fraction of sp³-hybridized carbons (Fsp3) is 0.167. The minimum absolute atomic E-state index is 0. The molecule has 0 aliphatic carbocycles. The maximum absolute atomic E-state index is 13.8. The van der Waals surface area contributed by atoms with Crippen LogP contribution in [-0.2, 0) is 6.54 Å². The first-order valence-electron chi connectivity index (χ1n) is 7.66. The number of nitrogens with zero attached hydrogens (tertiary/aromatic N) is 3. The van der Waals surface area contributed by atoms with E-state index in [1.165, 1.54) is 10.8 Å². The van der Waals surface area contributed by atoms with Gasteiger partial charge in [0.1, 0.15) is 11.2 Å². The Morgan fingerprint density at radius 1 is 1.30 bits per heavy atom. The quantitative estimate of drug-likeness (QED) is 0.666. The van der Waals surface area contributed by atoms with E-state index in [1.54, 1.807) is 12.1 Å². The summed E-state index contributed by atoms with van der Waals surface area (Å²) in [5.74, 6) is -2.28. The number of benzene rings is 1. The zero-order valence-electron chi connectivity index (χ0n) is 14.4. The summed E-state index contributed by atoms with van der Waals surface area (Å²) in [6, 6.07) is 8.21. The summed E-state index contributed by atoms with van der Waals surface area (Å²) in [5, 5.41) is 8.76. The average Bonchev–Trinajstić information content (AvgIpc) is 2.57. The summed E-state index contributed by atoms with van der Waals surface area (Å²) < 4.78 is 15.2. The highest BCUT2D eigenvalue weighted by molar-refractivity contribution is 6.29. The van der Waals surface area contributed by atoms with Crippen molar-refractivity contribution in [2.75, 3.05) is 14.1 Å². The monoisotopic (exact) mass is 411 g/mol. The molecule has 0 aliphatic rings. The van der Waals surface area contributed by atoms with Crippen molar-refractivity contribution in [1.82, 2.24) is 14.5 Å². The topological polar surface area (TPSA) is 75.4 Å². The molecular formula is C18H16Cl2FN3O3. The van der Waals surface area contributed by atoms with Crippen LogP contribution >= 0.6 is 24.0 Å². The van der Waals surface area contributed by atoms with Gasteiger partial charge in [0.05, 0.1) is 5.39 Å². The van der Waals surface area contributed by atoms with Gasteiger partial charge in [-0.3, -0.25) is 4.79 Å². The van der Waals surface area contributed by atoms with Gasteiger partial charge >= 0.3 is 5.97 Å². The van der Waals surface area contributed by atoms with E-state index in [9.17, 15) is 19.1 Å². The maximum atomic E-state index is 13.8. The molecule has 2 aromatic heterocycles. The Morgan fingerprint density at radius 3 is 2.48 bits per heavy atom. The number of pyridine rings is 2. The molecule has 0 bridgehead atoms. The molecule has 0 saturated heterocycles. The van der Waals surface area contributed by atoms with Gasteiger partial charge in [0, 0.05) is 18.4 Å². The third-order valence-electron chi connectivity index (χ3n) is 3.83. The lowest BCUT2D eigenvalue weighted by Gasteiger charge is -2.14. The Kier molecular flexibility index (Phi) is 6.20. The van der Waals surface area contributed by atoms with E-state index in [2.05, 4.69) is 4.98 Å². The highest BCUT2D eigenvalue weighted by atomic mass is 35.5. The zero-order valence-corrected chi connectivity index (χ0v) is 16.0. The highest BCUT2D eigenvalue weighted by Gasteiger charge is 2.18. The molecule has 3 rings (SSSR count). The second-order valence-electron chi connectivity index (χ2n) is 6.08. The summed E-state index contributed by atoms with van der Waals surface area (Å²) in [5.41, 5.74) is 0.441. The molecule has 3 aromatic rings. The van der Waals surface area contributed by atoms with Crippen LogP contribution in [0.15, 0.2) is 41.3 Å². The fourth-order valence-electron chi connectivity index (χ4n) is 2.68. The zero-order chi connectivity index (χ0) is 19.0. The van der Waals surface area contributed by atoms with Crippen LogP contribution in [0.1, 0.15) is 15.9 Å². The summed E-state index contributed by atoms with van der Waals surface area (Å²) >= 11 is 5.76. The molecule has 2 heterocycles. The van der Waals surface area contributed by atoms with Crippen molar-refractivity contribution >= 4 is 41.0 Å². The lowest BCUT2D eigenvalue weighted by atomic mass is 10.1. The fourth-order valence-corrected chi connectivity index (χ4v) is 2.81. The molecule has 9 heteroatoms. The van der Waals surface area contributed by atoms with E-state index in [0.717, 1.165) is 18.2 Å². The largest absolute Gasteiger partial charge is 0.477 e. The van der Waals surface area contributed by atoms with Gasteiger partial charge in [-0.15, -0.1) is 12.4 Å². The summed E-state index contributed by atoms with van der Waals surface area (Å²) in [6.45, 7) is 0.737. The van der Waals surface area contributed by atoms with Crippen LogP contribution in [0.2, 0.25) is 5.15 Å². The van der Waals surface area contributed by atoms with Crippen LogP contribution in [0.25, 0.3) is 16.7 Å². The van der Waals surface area contributed by atoms with E-state index in [-0.39, 0.29) is 23.4 Å². The number of hydrogen-bond acceptors (Lipinski definition) is 4. The summed E-state index contributed by atoms with van der Waals surface area (Å²) in [6.07, 6.45) is 1.18. The second-order valence-corrected chi connectivity index (χ2v) is 6.44. The minimum Gasteiger partial charge on any atom is -0.477 e. The van der Waals surface area contributed by atoms with E-state index in [1.807, 2.05) is 31.1 Å². The third kappa shape index (κ3) is 4.10. The van der Waals surface area contributed by atoms with Crippen molar-refractivity contribution in [3.05, 3.63) is 68.8 Å². The standard InChI is InChI=1S/C18H15ClFN3O3.ClH/c1-22(2)8-10-3-5-11(6-4-10)23-9-13(18(25)26)15(24)12-7-14(20)16(19)21-17(12)23;/h3-7,9H,8H2,1-2H3,(H,25,26);1H. The van der Waals surface area contributed by atoms with Crippen molar-refractivity contribution in [2.24, 2.45) is 0 Å². The predicted octanol–water partition coefficient (Wildman–Crippen LogP) is 3.36. The maximum Gasteiger partial charge on any atom is 0.341 e. The normalized spacial score (nSPS) is 10.9. The van der Waals surface area contributed by atoms with Crippen LogP contribution in [0.3, 0.4) is 0 Å². The van der Waals surface area contributed by atoms with E-state index in [0.29, 0.717) is 5.69 Å². The Balaban J connectivity index is 0.00000261. The van der Waals surface area contributed by atoms with Gasteiger partial charge in [-0.2, -0.15) is 0 Å². The van der Waals surface area contributed by atoms with Crippen molar-refractivity contribution < 1.29 is 14.3 Å². The average molecular weight is 412 g/mol. The molecule has 142 valence electrons. The van der Waals surface area contributed by atoms with Gasteiger partial charge in [-0.05, 0) is 37.9 Å². The van der Waals surface area contributed by atoms with Crippen LogP contribution in [-0.4, -0.2) is 39.6 Å².